The second-order valence-electron chi connectivity index (χ2n) is 31.4. The van der Waals surface area contributed by atoms with Crippen molar-refractivity contribution < 1.29 is 139 Å². The highest BCUT2D eigenvalue weighted by Gasteiger charge is 2.57. The van der Waals surface area contributed by atoms with Crippen molar-refractivity contribution >= 4 is 0 Å². The smallest absolute Gasteiger partial charge is 0.187 e. The van der Waals surface area contributed by atoms with E-state index >= 15 is 0 Å². The van der Waals surface area contributed by atoms with Gasteiger partial charge in [0.2, 0.25) is 0 Å². The van der Waals surface area contributed by atoms with Gasteiger partial charge in [0.05, 0.1) is 46.2 Å². The topological polar surface area (TPSA) is 434 Å². The van der Waals surface area contributed by atoms with Gasteiger partial charge < -0.3 is 139 Å². The van der Waals surface area contributed by atoms with Crippen molar-refractivity contribution in [3.8, 4) is 0 Å². The molecule has 0 bridgehead atoms. The average molecular weight is 1460 g/mol. The molecule has 16 N–H and O–H groups in total. The van der Waals surface area contributed by atoms with Gasteiger partial charge in [-0.2, -0.15) is 0 Å². The molecule has 0 unspecified atom stereocenters. The molecule has 5 aliphatic rings. The van der Waals surface area contributed by atoms with E-state index in [4.69, 9.17) is 56.8 Å². The average Bonchev–Trinajstić information content (AvgIpc) is 0.779. The summed E-state index contributed by atoms with van der Waals surface area (Å²) in [6, 6.07) is 0. The molecule has 0 aromatic carbocycles. The first-order valence-corrected chi connectivity index (χ1v) is 38.3. The first kappa shape index (κ1) is 90.5. The Bertz CT molecular complexity index is 2070. The second-order valence-corrected chi connectivity index (χ2v) is 31.4. The number of aliphatic hydroxyl groups excluding tert-OH is 16. The molecule has 5 heterocycles. The Kier molecular flexibility index (Phi) is 42.2. The predicted octanol–water partition coefficient (Wildman–Crippen LogP) is 2.43. The Morgan fingerprint density at radius 1 is 0.257 bits per heavy atom. The molecule has 0 radical (unpaired) electrons. The van der Waals surface area contributed by atoms with Crippen LogP contribution in [0.2, 0.25) is 0 Å². The van der Waals surface area contributed by atoms with Gasteiger partial charge in [0.25, 0.3) is 0 Å². The summed E-state index contributed by atoms with van der Waals surface area (Å²) in [5.41, 5.74) is 0. The van der Waals surface area contributed by atoms with Gasteiger partial charge in [-0.15, -0.1) is 0 Å². The molecule has 101 heavy (non-hydrogen) atoms. The summed E-state index contributed by atoms with van der Waals surface area (Å²) in [5.74, 6) is 5.23. The van der Waals surface area contributed by atoms with Crippen LogP contribution in [-0.2, 0) is 56.8 Å². The number of rotatable bonds is 49. The monoisotopic (exact) mass is 1460 g/mol. The van der Waals surface area contributed by atoms with E-state index in [2.05, 4.69) is 69.2 Å². The van der Waals surface area contributed by atoms with E-state index in [9.17, 15) is 81.7 Å². The Morgan fingerprint density at radius 3 is 0.752 bits per heavy atom. The van der Waals surface area contributed by atoms with Crippen LogP contribution in [0.1, 0.15) is 198 Å². The van der Waals surface area contributed by atoms with Gasteiger partial charge >= 0.3 is 0 Å². The molecule has 0 aromatic heterocycles. The molecule has 0 spiro atoms. The van der Waals surface area contributed by atoms with Crippen molar-refractivity contribution in [2.75, 3.05) is 59.5 Å². The van der Waals surface area contributed by atoms with Gasteiger partial charge in [-0.3, -0.25) is 0 Å². The summed E-state index contributed by atoms with van der Waals surface area (Å²) in [7, 11) is 0. The van der Waals surface area contributed by atoms with E-state index in [0.717, 1.165) is 62.2 Å². The summed E-state index contributed by atoms with van der Waals surface area (Å²) in [4.78, 5) is 0. The third-order valence-electron chi connectivity index (χ3n) is 21.3. The van der Waals surface area contributed by atoms with Gasteiger partial charge in [-0.05, 0) is 60.2 Å². The maximum absolute atomic E-state index is 11.7. The first-order valence-electron chi connectivity index (χ1n) is 38.3. The van der Waals surface area contributed by atoms with Gasteiger partial charge in [0, 0.05) is 13.2 Å². The molecule has 0 aliphatic carbocycles. The zero-order valence-electron chi connectivity index (χ0n) is 62.2. The summed E-state index contributed by atoms with van der Waals surface area (Å²) in [5, 5.41) is 174. The predicted molar refractivity (Wildman–Crippen MR) is 368 cm³/mol. The van der Waals surface area contributed by atoms with E-state index in [1.165, 1.54) is 89.9 Å². The van der Waals surface area contributed by atoms with Crippen molar-refractivity contribution in [2.45, 2.75) is 357 Å². The molecule has 0 aromatic rings. The highest BCUT2D eigenvalue weighted by molar-refractivity contribution is 4.99. The molecule has 31 atom stereocenters. The SMILES string of the molecule is CC(C)CCC[C@@H](C)CCC[C@@H](C)CCC[C@H](C)CCOCC(COCC[C@@H](C)CCC[C@H](C)CCC[C@H](C)CCCC(C)C)O[C@@H]1O[C@H](CO)[C@@H](O[C@H]2O[C@H](CO)[C@@H](O[C@H]3O[C@H](CO)[C@@H](O[C@H]4O[C@H](CO)[C@@H](O[C@H]5O[C@H](CO)[C@@H](O)[C@H](O)[C@H]5O)[C@H](O)[C@H]4O)[C@H](O)[C@H]3O)[C@H](O)[C@H]2O)[C@H](O)[C@H]1O. The van der Waals surface area contributed by atoms with Crippen molar-refractivity contribution in [3.05, 3.63) is 0 Å². The molecule has 28 heteroatoms. The molecular weight excluding hydrogens is 1320 g/mol. The lowest BCUT2D eigenvalue weighted by molar-refractivity contribution is -0.394. The lowest BCUT2D eigenvalue weighted by Gasteiger charge is -2.49. The summed E-state index contributed by atoms with van der Waals surface area (Å²) in [6.07, 6.45) is -22.6. The Labute approximate surface area is 600 Å². The van der Waals surface area contributed by atoms with E-state index in [1.54, 1.807) is 0 Å². The standard InChI is InChI=1S/C73H138O28/c1-40(2)17-11-19-42(5)21-13-23-44(7)25-15-27-46(9)29-31-90-38-48(39-91-32-30-47(10)28-16-26-45(8)24-14-22-43(6)20-12-18-41(3)4)92-69-61(86)56(81)65(50(34-75)94-69)99-71-63(88)58(83)67(52(36-77)96-71)101-73-64(89)59(84)68(53(37-78)97-73)100-72-62(87)57(82)66(51(35-76)95-72)98-70-60(85)55(80)54(79)49(33-74)93-70/h40-89H,11-39H2,1-10H3/t42-,43-,44-,45-,46+,47+,49-,50-,51-,52-,53-,54-,55+,56-,57-,58-,59-,60-,61-,62-,63-,64-,65-,66-,67-,68-,69-,70-,71-,72-,73-/m1/s1. The van der Waals surface area contributed by atoms with Crippen LogP contribution >= 0.6 is 0 Å². The lowest BCUT2D eigenvalue weighted by atomic mass is 9.91. The number of hydrogen-bond donors (Lipinski definition) is 16. The van der Waals surface area contributed by atoms with E-state index in [-0.39, 0.29) is 13.2 Å². The zero-order valence-corrected chi connectivity index (χ0v) is 62.2. The van der Waals surface area contributed by atoms with Crippen LogP contribution in [0.15, 0.2) is 0 Å². The Balaban J connectivity index is 1.14. The molecule has 5 rings (SSSR count). The fourth-order valence-corrected chi connectivity index (χ4v) is 14.3. The van der Waals surface area contributed by atoms with Crippen molar-refractivity contribution in [2.24, 2.45) is 47.3 Å². The Hall–Kier alpha value is -1.12. The summed E-state index contributed by atoms with van der Waals surface area (Å²) >= 11 is 0. The number of aliphatic hydroxyl groups is 16. The van der Waals surface area contributed by atoms with Crippen molar-refractivity contribution in [1.82, 2.24) is 0 Å². The second kappa shape index (κ2) is 47.1. The minimum Gasteiger partial charge on any atom is -0.394 e. The van der Waals surface area contributed by atoms with Crippen LogP contribution in [0.5, 0.6) is 0 Å². The van der Waals surface area contributed by atoms with Crippen LogP contribution in [0.25, 0.3) is 0 Å². The molecule has 5 fully saturated rings. The van der Waals surface area contributed by atoms with Crippen molar-refractivity contribution in [1.29, 1.82) is 0 Å². The minimum absolute atomic E-state index is 0.0629. The molecule has 0 saturated carbocycles. The van der Waals surface area contributed by atoms with Crippen LogP contribution < -0.4 is 0 Å². The molecule has 5 aliphatic heterocycles. The van der Waals surface area contributed by atoms with E-state index in [0.29, 0.717) is 36.9 Å². The van der Waals surface area contributed by atoms with E-state index in [1.807, 2.05) is 0 Å². The first-order chi connectivity index (χ1) is 48.1. The van der Waals surface area contributed by atoms with Gasteiger partial charge in [-0.1, -0.05) is 185 Å². The molecule has 5 saturated heterocycles. The fraction of sp³-hybridized carbons (Fsp3) is 1.00. The largest absolute Gasteiger partial charge is 0.394 e. The van der Waals surface area contributed by atoms with Crippen LogP contribution in [-0.4, -0.2) is 301 Å². The van der Waals surface area contributed by atoms with Crippen LogP contribution in [0.3, 0.4) is 0 Å². The van der Waals surface area contributed by atoms with Gasteiger partial charge in [-0.25, -0.2) is 0 Å². The lowest BCUT2D eigenvalue weighted by Crippen LogP contribution is -2.68. The highest BCUT2D eigenvalue weighted by atomic mass is 16.8. The van der Waals surface area contributed by atoms with Crippen molar-refractivity contribution in [3.63, 3.8) is 0 Å². The minimum atomic E-state index is -2.14. The van der Waals surface area contributed by atoms with E-state index < -0.39 is 193 Å². The molecule has 28 nitrogen and oxygen atoms in total. The number of ether oxygens (including phenoxy) is 12. The normalized spacial score (nSPS) is 37.2. The highest BCUT2D eigenvalue weighted by Crippen LogP contribution is 2.37. The Morgan fingerprint density at radius 2 is 0.485 bits per heavy atom. The van der Waals surface area contributed by atoms with Crippen LogP contribution in [0, 0.1) is 47.3 Å². The number of hydrogen-bond acceptors (Lipinski definition) is 28. The van der Waals surface area contributed by atoms with Gasteiger partial charge in [0.1, 0.15) is 128 Å². The summed E-state index contributed by atoms with van der Waals surface area (Å²) in [6.45, 7) is 19.6. The third kappa shape index (κ3) is 29.0. The third-order valence-corrected chi connectivity index (χ3v) is 21.3. The molecule has 598 valence electrons. The molecule has 0 amide bonds. The quantitative estimate of drug-likeness (QED) is 0.0389. The maximum Gasteiger partial charge on any atom is 0.187 e. The molecular formula is C73H138O28. The summed E-state index contributed by atoms with van der Waals surface area (Å²) < 4.78 is 70.6. The van der Waals surface area contributed by atoms with Gasteiger partial charge in [0.15, 0.2) is 31.5 Å². The maximum atomic E-state index is 11.7. The fourth-order valence-electron chi connectivity index (χ4n) is 14.3. The zero-order chi connectivity index (χ0) is 74.6. The van der Waals surface area contributed by atoms with Crippen LogP contribution in [0.4, 0.5) is 0 Å².